The second kappa shape index (κ2) is 7.13. The number of carbonyl (C=O) groups is 1. The van der Waals surface area contributed by atoms with Crippen LogP contribution >= 0.6 is 11.6 Å². The monoisotopic (exact) mass is 377 g/mol. The zero-order valence-corrected chi connectivity index (χ0v) is 15.0. The predicted molar refractivity (Wildman–Crippen MR) is 106 cm³/mol. The molecule has 4 aromatic rings. The second-order valence-corrected chi connectivity index (χ2v) is 6.62. The van der Waals surface area contributed by atoms with Crippen molar-refractivity contribution >= 4 is 34.0 Å². The minimum Gasteiger partial charge on any atom is -0.507 e. The van der Waals surface area contributed by atoms with E-state index < -0.39 is 0 Å². The molecule has 0 aliphatic heterocycles. The number of allylic oxidation sites excluding steroid dienone is 1. The van der Waals surface area contributed by atoms with E-state index in [4.69, 9.17) is 11.6 Å². The van der Waals surface area contributed by atoms with Gasteiger partial charge >= 0.3 is 0 Å². The van der Waals surface area contributed by atoms with Gasteiger partial charge in [0.2, 0.25) is 5.78 Å². The smallest absolute Gasteiger partial charge is 0.207 e. The molecule has 0 unspecified atom stereocenters. The van der Waals surface area contributed by atoms with Crippen molar-refractivity contribution in [1.29, 1.82) is 0 Å². The summed E-state index contributed by atoms with van der Waals surface area (Å²) in [6, 6.07) is 17.1. The Morgan fingerprint density at radius 3 is 2.74 bits per heavy atom. The molecule has 2 aromatic heterocycles. The van der Waals surface area contributed by atoms with Gasteiger partial charge in [-0.3, -0.25) is 9.89 Å². The van der Waals surface area contributed by atoms with Crippen LogP contribution in [-0.4, -0.2) is 25.7 Å². The van der Waals surface area contributed by atoms with Crippen LogP contribution in [0.15, 0.2) is 73.1 Å². The van der Waals surface area contributed by atoms with E-state index in [2.05, 4.69) is 10.2 Å². The average molecular weight is 378 g/mol. The van der Waals surface area contributed by atoms with E-state index in [0.717, 1.165) is 16.5 Å². The molecule has 134 valence electrons. The summed E-state index contributed by atoms with van der Waals surface area (Å²) in [6.45, 7) is 0.640. The Labute approximate surface area is 160 Å². The summed E-state index contributed by atoms with van der Waals surface area (Å²) >= 11 is 6.16. The Morgan fingerprint density at radius 1 is 1.19 bits per heavy atom. The maximum absolute atomic E-state index is 12.2. The molecule has 0 saturated heterocycles. The Bertz CT molecular complexity index is 1130. The molecular formula is C21H16ClN3O2. The number of rotatable bonds is 5. The number of carbonyl (C=O) groups excluding carboxylic acids is 1. The highest BCUT2D eigenvalue weighted by atomic mass is 35.5. The third-order valence-corrected chi connectivity index (χ3v) is 4.58. The summed E-state index contributed by atoms with van der Waals surface area (Å²) in [6.07, 6.45) is 4.51. The molecule has 0 spiro atoms. The Hall–Kier alpha value is -3.31. The quantitative estimate of drug-likeness (QED) is 0.297. The summed E-state index contributed by atoms with van der Waals surface area (Å²) < 4.78 is 2.03. The third-order valence-electron chi connectivity index (χ3n) is 4.35. The van der Waals surface area contributed by atoms with Gasteiger partial charge in [0.1, 0.15) is 11.5 Å². The van der Waals surface area contributed by atoms with Crippen LogP contribution in [0, 0.1) is 0 Å². The molecule has 2 heterocycles. The van der Waals surface area contributed by atoms with Crippen LogP contribution in [0.5, 0.6) is 0 Å². The van der Waals surface area contributed by atoms with Gasteiger partial charge in [-0.05, 0) is 29.8 Å². The predicted octanol–water partition coefficient (Wildman–Crippen LogP) is 4.85. The van der Waals surface area contributed by atoms with Crippen LogP contribution in [0.2, 0.25) is 5.02 Å². The summed E-state index contributed by atoms with van der Waals surface area (Å²) in [7, 11) is 0. The van der Waals surface area contributed by atoms with Crippen LogP contribution in [0.4, 0.5) is 0 Å². The normalized spacial score (nSPS) is 11.8. The SMILES string of the molecule is O=C(C=C(O)c1cn(Cc2ccccc2)c2ccc(Cl)cc12)c1ccn[nH]1. The lowest BCUT2D eigenvalue weighted by atomic mass is 10.1. The molecule has 0 radical (unpaired) electrons. The lowest BCUT2D eigenvalue weighted by Crippen LogP contribution is -1.98. The van der Waals surface area contributed by atoms with Crippen LogP contribution in [-0.2, 0) is 6.54 Å². The average Bonchev–Trinajstić information content (AvgIpc) is 3.31. The minimum atomic E-state index is -0.351. The van der Waals surface area contributed by atoms with Crippen LogP contribution in [0.3, 0.4) is 0 Å². The molecule has 6 heteroatoms. The number of aromatic nitrogens is 3. The van der Waals surface area contributed by atoms with Gasteiger partial charge in [0.05, 0.1) is 0 Å². The van der Waals surface area contributed by atoms with Gasteiger partial charge in [-0.15, -0.1) is 0 Å². The van der Waals surface area contributed by atoms with Crippen molar-refractivity contribution in [1.82, 2.24) is 14.8 Å². The Morgan fingerprint density at radius 2 is 2.00 bits per heavy atom. The number of nitrogens with zero attached hydrogens (tertiary/aromatic N) is 2. The number of hydrogen-bond acceptors (Lipinski definition) is 3. The van der Waals surface area contributed by atoms with Crippen molar-refractivity contribution < 1.29 is 9.90 Å². The first-order chi connectivity index (χ1) is 13.1. The Kier molecular flexibility index (Phi) is 4.52. The molecule has 0 aliphatic rings. The zero-order chi connectivity index (χ0) is 18.8. The molecule has 4 rings (SSSR count). The van der Waals surface area contributed by atoms with Crippen LogP contribution in [0.25, 0.3) is 16.7 Å². The number of ketones is 1. The van der Waals surface area contributed by atoms with Gasteiger partial charge in [-0.1, -0.05) is 41.9 Å². The number of fused-ring (bicyclic) bond motifs is 1. The summed E-state index contributed by atoms with van der Waals surface area (Å²) in [5, 5.41) is 18.3. The topological polar surface area (TPSA) is 70.9 Å². The highest BCUT2D eigenvalue weighted by molar-refractivity contribution is 6.31. The number of aliphatic hydroxyl groups excluding tert-OH is 1. The molecular weight excluding hydrogens is 362 g/mol. The number of nitrogens with one attached hydrogen (secondary N) is 1. The van der Waals surface area contributed by atoms with E-state index in [1.165, 1.54) is 12.3 Å². The zero-order valence-electron chi connectivity index (χ0n) is 14.3. The number of benzene rings is 2. The lowest BCUT2D eigenvalue weighted by Gasteiger charge is -2.05. The first-order valence-corrected chi connectivity index (χ1v) is 8.76. The number of H-pyrrole nitrogens is 1. The van der Waals surface area contributed by atoms with Crippen LogP contribution < -0.4 is 0 Å². The van der Waals surface area contributed by atoms with E-state index >= 15 is 0 Å². The Balaban J connectivity index is 1.78. The highest BCUT2D eigenvalue weighted by Crippen LogP contribution is 2.29. The third kappa shape index (κ3) is 3.50. The maximum atomic E-state index is 12.2. The van der Waals surface area contributed by atoms with Crippen LogP contribution in [0.1, 0.15) is 21.6 Å². The van der Waals surface area contributed by atoms with Crippen molar-refractivity contribution in [3.8, 4) is 0 Å². The standard InChI is InChI=1S/C21H16ClN3O2/c22-15-6-7-19-16(10-15)17(13-25(19)12-14-4-2-1-3-5-14)20(26)11-21(27)18-8-9-23-24-18/h1-11,13,26H,12H2,(H,23,24). The fourth-order valence-corrected chi connectivity index (χ4v) is 3.23. The molecule has 0 bridgehead atoms. The fourth-order valence-electron chi connectivity index (χ4n) is 3.06. The van der Waals surface area contributed by atoms with E-state index in [1.807, 2.05) is 53.2 Å². The number of hydrogen-bond donors (Lipinski definition) is 2. The number of aromatic amines is 1. The van der Waals surface area contributed by atoms with Gasteiger partial charge in [-0.25, -0.2) is 0 Å². The number of aliphatic hydroxyl groups is 1. The first-order valence-electron chi connectivity index (χ1n) is 8.39. The molecule has 27 heavy (non-hydrogen) atoms. The summed E-state index contributed by atoms with van der Waals surface area (Å²) in [5.41, 5.74) is 2.92. The van der Waals surface area contributed by atoms with E-state index in [9.17, 15) is 9.90 Å². The van der Waals surface area contributed by atoms with E-state index in [0.29, 0.717) is 22.8 Å². The fraction of sp³-hybridized carbons (Fsp3) is 0.0476. The highest BCUT2D eigenvalue weighted by Gasteiger charge is 2.15. The van der Waals surface area contributed by atoms with Gasteiger partial charge in [0.25, 0.3) is 0 Å². The van der Waals surface area contributed by atoms with E-state index in [1.54, 1.807) is 12.1 Å². The van der Waals surface area contributed by atoms with Crippen molar-refractivity contribution in [2.24, 2.45) is 0 Å². The van der Waals surface area contributed by atoms with Gasteiger partial charge in [-0.2, -0.15) is 5.10 Å². The van der Waals surface area contributed by atoms with Crippen molar-refractivity contribution in [3.63, 3.8) is 0 Å². The van der Waals surface area contributed by atoms with Crippen molar-refractivity contribution in [3.05, 3.63) is 94.9 Å². The molecule has 5 nitrogen and oxygen atoms in total. The van der Waals surface area contributed by atoms with Gasteiger partial charge in [0.15, 0.2) is 0 Å². The van der Waals surface area contributed by atoms with Crippen molar-refractivity contribution in [2.75, 3.05) is 0 Å². The van der Waals surface area contributed by atoms with Crippen molar-refractivity contribution in [2.45, 2.75) is 6.54 Å². The van der Waals surface area contributed by atoms with E-state index in [-0.39, 0.29) is 11.5 Å². The second-order valence-electron chi connectivity index (χ2n) is 6.18. The molecule has 0 fully saturated rings. The summed E-state index contributed by atoms with van der Waals surface area (Å²) in [4.78, 5) is 12.2. The molecule has 0 atom stereocenters. The summed E-state index contributed by atoms with van der Waals surface area (Å²) in [5.74, 6) is -0.468. The molecule has 0 aliphatic carbocycles. The molecule has 0 saturated carbocycles. The largest absolute Gasteiger partial charge is 0.507 e. The maximum Gasteiger partial charge on any atom is 0.207 e. The van der Waals surface area contributed by atoms with Gasteiger partial charge < -0.3 is 9.67 Å². The molecule has 0 amide bonds. The minimum absolute atomic E-state index is 0.117. The molecule has 2 aromatic carbocycles. The van der Waals surface area contributed by atoms with Gasteiger partial charge in [0, 0.05) is 46.5 Å². The first kappa shape index (κ1) is 17.1. The number of halogens is 1. The molecule has 2 N–H and O–H groups in total. The lowest BCUT2D eigenvalue weighted by molar-refractivity contribution is 0.104.